The monoisotopic (exact) mass is 254 g/mol. The summed E-state index contributed by atoms with van der Waals surface area (Å²) in [5.41, 5.74) is 2.06. The summed E-state index contributed by atoms with van der Waals surface area (Å²) in [6.45, 7) is 3.89. The number of phenolic OH excluding ortho intramolecular Hbond substituents is 1. The van der Waals surface area contributed by atoms with Crippen molar-refractivity contribution in [2.24, 2.45) is 0 Å². The Morgan fingerprint density at radius 3 is 2.37 bits per heavy atom. The quantitative estimate of drug-likeness (QED) is 0.779. The molecule has 19 heavy (non-hydrogen) atoms. The molecule has 95 valence electrons. The highest BCUT2D eigenvalue weighted by molar-refractivity contribution is 5.73. The SMILES string of the molecule is [CH2]COc1ccc(-n2nc3ccccc3n2)c(O)c1. The summed E-state index contributed by atoms with van der Waals surface area (Å²) in [5, 5.41) is 18.6. The fourth-order valence-corrected chi connectivity index (χ4v) is 1.85. The molecule has 0 bridgehead atoms. The first-order valence-electron chi connectivity index (χ1n) is 5.85. The van der Waals surface area contributed by atoms with Crippen LogP contribution in [0.5, 0.6) is 11.5 Å². The zero-order valence-electron chi connectivity index (χ0n) is 10.2. The van der Waals surface area contributed by atoms with Gasteiger partial charge < -0.3 is 9.84 Å². The maximum atomic E-state index is 10.00. The molecule has 0 aliphatic carbocycles. The fraction of sp³-hybridized carbons (Fsp3) is 0.0714. The number of aromatic hydroxyl groups is 1. The normalized spacial score (nSPS) is 10.8. The van der Waals surface area contributed by atoms with Crippen LogP contribution in [-0.2, 0) is 0 Å². The van der Waals surface area contributed by atoms with Gasteiger partial charge in [0.1, 0.15) is 28.2 Å². The lowest BCUT2D eigenvalue weighted by Gasteiger charge is -2.06. The zero-order chi connectivity index (χ0) is 13.2. The summed E-state index contributed by atoms with van der Waals surface area (Å²) < 4.78 is 5.22. The second kappa shape index (κ2) is 4.61. The van der Waals surface area contributed by atoms with Crippen molar-refractivity contribution in [1.29, 1.82) is 0 Å². The van der Waals surface area contributed by atoms with Crippen LogP contribution in [0.4, 0.5) is 0 Å². The molecule has 0 spiro atoms. The van der Waals surface area contributed by atoms with Gasteiger partial charge in [0.2, 0.25) is 0 Å². The van der Waals surface area contributed by atoms with E-state index in [0.717, 1.165) is 11.0 Å². The predicted molar refractivity (Wildman–Crippen MR) is 71.4 cm³/mol. The summed E-state index contributed by atoms with van der Waals surface area (Å²) in [5.74, 6) is 0.624. The topological polar surface area (TPSA) is 60.2 Å². The van der Waals surface area contributed by atoms with Gasteiger partial charge in [-0.2, -0.15) is 0 Å². The van der Waals surface area contributed by atoms with E-state index in [1.54, 1.807) is 12.1 Å². The van der Waals surface area contributed by atoms with Crippen LogP contribution in [0.2, 0.25) is 0 Å². The van der Waals surface area contributed by atoms with E-state index in [2.05, 4.69) is 17.1 Å². The van der Waals surface area contributed by atoms with Crippen molar-refractivity contribution in [2.75, 3.05) is 6.61 Å². The standard InChI is InChI=1S/C14H12N3O2/c1-2-19-10-7-8-13(14(18)9-10)17-15-11-5-3-4-6-12(11)16-17/h3-9,18H,1-2H2. The zero-order valence-corrected chi connectivity index (χ0v) is 10.2. The lowest BCUT2D eigenvalue weighted by Crippen LogP contribution is -1.99. The van der Waals surface area contributed by atoms with Crippen molar-refractivity contribution >= 4 is 11.0 Å². The van der Waals surface area contributed by atoms with Gasteiger partial charge in [-0.05, 0) is 31.2 Å². The van der Waals surface area contributed by atoms with Crippen LogP contribution in [0, 0.1) is 6.92 Å². The molecule has 1 aromatic heterocycles. The Hall–Kier alpha value is -2.56. The van der Waals surface area contributed by atoms with Gasteiger partial charge in [-0.15, -0.1) is 15.0 Å². The van der Waals surface area contributed by atoms with Crippen molar-refractivity contribution in [2.45, 2.75) is 0 Å². The lowest BCUT2D eigenvalue weighted by molar-refractivity contribution is 0.357. The number of hydrogen-bond acceptors (Lipinski definition) is 4. The molecule has 2 aromatic carbocycles. The number of hydrogen-bond donors (Lipinski definition) is 1. The highest BCUT2D eigenvalue weighted by atomic mass is 16.5. The number of benzene rings is 2. The smallest absolute Gasteiger partial charge is 0.146 e. The molecule has 5 heteroatoms. The van der Waals surface area contributed by atoms with Gasteiger partial charge >= 0.3 is 0 Å². The third-order valence-electron chi connectivity index (χ3n) is 2.72. The van der Waals surface area contributed by atoms with Crippen molar-refractivity contribution in [3.05, 3.63) is 49.4 Å². The first kappa shape index (κ1) is 11.5. The molecule has 1 N–H and O–H groups in total. The summed E-state index contributed by atoms with van der Waals surface area (Å²) >= 11 is 0. The highest BCUT2D eigenvalue weighted by Crippen LogP contribution is 2.26. The van der Waals surface area contributed by atoms with E-state index in [9.17, 15) is 5.11 Å². The summed E-state index contributed by atoms with van der Waals surface area (Å²) in [7, 11) is 0. The molecule has 1 radical (unpaired) electrons. The van der Waals surface area contributed by atoms with Crippen LogP contribution in [-0.4, -0.2) is 26.7 Å². The van der Waals surface area contributed by atoms with E-state index in [4.69, 9.17) is 4.74 Å². The minimum Gasteiger partial charge on any atom is -0.505 e. The Morgan fingerprint density at radius 2 is 1.79 bits per heavy atom. The van der Waals surface area contributed by atoms with E-state index in [1.165, 1.54) is 10.9 Å². The first-order chi connectivity index (χ1) is 9.28. The molecule has 3 rings (SSSR count). The van der Waals surface area contributed by atoms with Crippen molar-refractivity contribution < 1.29 is 9.84 Å². The Morgan fingerprint density at radius 1 is 1.11 bits per heavy atom. The second-order valence-corrected chi connectivity index (χ2v) is 3.98. The number of ether oxygens (including phenoxy) is 1. The Kier molecular flexibility index (Phi) is 2.79. The molecule has 0 atom stereocenters. The Balaban J connectivity index is 2.05. The number of rotatable bonds is 3. The largest absolute Gasteiger partial charge is 0.505 e. The molecule has 0 saturated carbocycles. The average molecular weight is 254 g/mol. The Labute approximate surface area is 110 Å². The van der Waals surface area contributed by atoms with Crippen LogP contribution in [0.3, 0.4) is 0 Å². The lowest BCUT2D eigenvalue weighted by atomic mass is 10.3. The molecule has 0 amide bonds. The molecule has 0 unspecified atom stereocenters. The van der Waals surface area contributed by atoms with Gasteiger partial charge in [-0.25, -0.2) is 0 Å². The van der Waals surface area contributed by atoms with Gasteiger partial charge in [0.15, 0.2) is 0 Å². The third kappa shape index (κ3) is 2.10. The van der Waals surface area contributed by atoms with E-state index in [0.29, 0.717) is 18.0 Å². The molecule has 0 saturated heterocycles. The van der Waals surface area contributed by atoms with Crippen molar-refractivity contribution in [3.8, 4) is 17.2 Å². The van der Waals surface area contributed by atoms with E-state index >= 15 is 0 Å². The maximum absolute atomic E-state index is 10.00. The van der Waals surface area contributed by atoms with Gasteiger partial charge in [0.05, 0.1) is 6.61 Å². The van der Waals surface area contributed by atoms with Crippen molar-refractivity contribution in [3.63, 3.8) is 0 Å². The first-order valence-corrected chi connectivity index (χ1v) is 5.85. The summed E-state index contributed by atoms with van der Waals surface area (Å²) in [6.07, 6.45) is 0. The third-order valence-corrected chi connectivity index (χ3v) is 2.72. The van der Waals surface area contributed by atoms with Gasteiger partial charge in [0, 0.05) is 6.07 Å². The van der Waals surface area contributed by atoms with Crippen LogP contribution in [0.1, 0.15) is 0 Å². The van der Waals surface area contributed by atoms with Crippen LogP contribution in [0.15, 0.2) is 42.5 Å². The second-order valence-electron chi connectivity index (χ2n) is 3.98. The van der Waals surface area contributed by atoms with Crippen LogP contribution >= 0.6 is 0 Å². The average Bonchev–Trinajstić information content (AvgIpc) is 2.82. The molecule has 3 aromatic rings. The molecule has 0 aliphatic rings. The van der Waals surface area contributed by atoms with Gasteiger partial charge in [-0.1, -0.05) is 12.1 Å². The van der Waals surface area contributed by atoms with Gasteiger partial charge in [-0.3, -0.25) is 0 Å². The molecular weight excluding hydrogens is 242 g/mol. The summed E-state index contributed by atoms with van der Waals surface area (Å²) in [4.78, 5) is 1.41. The fourth-order valence-electron chi connectivity index (χ4n) is 1.85. The van der Waals surface area contributed by atoms with Gasteiger partial charge in [0.25, 0.3) is 0 Å². The maximum Gasteiger partial charge on any atom is 0.146 e. The molecule has 0 fully saturated rings. The minimum absolute atomic E-state index is 0.0613. The highest BCUT2D eigenvalue weighted by Gasteiger charge is 2.09. The number of nitrogens with zero attached hydrogens (tertiary/aromatic N) is 3. The van der Waals surface area contributed by atoms with E-state index < -0.39 is 0 Å². The predicted octanol–water partition coefficient (Wildman–Crippen LogP) is 2.34. The minimum atomic E-state index is 0.0613. The summed E-state index contributed by atoms with van der Waals surface area (Å²) in [6, 6.07) is 12.5. The van der Waals surface area contributed by atoms with Crippen molar-refractivity contribution in [1.82, 2.24) is 15.0 Å². The molecule has 5 nitrogen and oxygen atoms in total. The number of aromatic nitrogens is 3. The van der Waals surface area contributed by atoms with Crippen LogP contribution < -0.4 is 4.74 Å². The molecular formula is C14H12N3O2. The Bertz CT molecular complexity index is 689. The molecule has 1 heterocycles. The molecule has 0 aliphatic heterocycles. The number of phenols is 1. The van der Waals surface area contributed by atoms with E-state index in [-0.39, 0.29) is 5.75 Å². The van der Waals surface area contributed by atoms with E-state index in [1.807, 2.05) is 24.3 Å². The number of fused-ring (bicyclic) bond motifs is 1. The van der Waals surface area contributed by atoms with Crippen LogP contribution in [0.25, 0.3) is 16.7 Å².